The van der Waals surface area contributed by atoms with Crippen LogP contribution in [0.5, 0.6) is 0 Å². The number of methoxy groups -OCH3 is 1. The van der Waals surface area contributed by atoms with E-state index in [-0.39, 0.29) is 25.1 Å². The third kappa shape index (κ3) is 9.30. The summed E-state index contributed by atoms with van der Waals surface area (Å²) in [4.78, 5) is 25.8. The van der Waals surface area contributed by atoms with Crippen molar-refractivity contribution in [3.05, 3.63) is 0 Å². The predicted molar refractivity (Wildman–Crippen MR) is 97.7 cm³/mol. The second-order valence-corrected chi connectivity index (χ2v) is 6.57. The van der Waals surface area contributed by atoms with Crippen molar-refractivity contribution in [2.24, 2.45) is 5.92 Å². The first-order valence-corrected chi connectivity index (χ1v) is 9.25. The lowest BCUT2D eigenvalue weighted by Gasteiger charge is -2.23. The van der Waals surface area contributed by atoms with Crippen LogP contribution in [0.2, 0.25) is 0 Å². The van der Waals surface area contributed by atoms with Gasteiger partial charge in [0.15, 0.2) is 0 Å². The second-order valence-electron chi connectivity index (χ2n) is 6.57. The number of ketones is 1. The van der Waals surface area contributed by atoms with Crippen LogP contribution in [0.3, 0.4) is 0 Å². The Morgan fingerprint density at radius 3 is 2.56 bits per heavy atom. The number of Topliss-reactive ketones (excluding diaryl/α,β-unsaturated/α-hetero) is 1. The van der Waals surface area contributed by atoms with Crippen molar-refractivity contribution in [1.82, 2.24) is 10.2 Å². The number of rotatable bonds is 14. The van der Waals surface area contributed by atoms with E-state index < -0.39 is 0 Å². The zero-order valence-corrected chi connectivity index (χ0v) is 15.9. The molecule has 1 saturated heterocycles. The van der Waals surface area contributed by atoms with E-state index in [4.69, 9.17) is 14.2 Å². The number of carbonyl (C=O) groups is 2. The van der Waals surface area contributed by atoms with Crippen LogP contribution in [0.25, 0.3) is 0 Å². The minimum Gasteiger partial charge on any atom is -0.383 e. The van der Waals surface area contributed by atoms with Gasteiger partial charge in [-0.25, -0.2) is 0 Å². The summed E-state index contributed by atoms with van der Waals surface area (Å²) in [5, 5.41) is 2.93. The molecule has 0 radical (unpaired) electrons. The molecule has 0 bridgehead atoms. The molecule has 0 saturated carbocycles. The quantitative estimate of drug-likeness (QED) is 0.468. The third-order valence-electron chi connectivity index (χ3n) is 4.30. The fraction of sp³-hybridized carbons (Fsp3) is 0.889. The maximum absolute atomic E-state index is 12.2. The van der Waals surface area contributed by atoms with E-state index >= 15 is 0 Å². The molecule has 1 heterocycles. The molecule has 7 heteroatoms. The fourth-order valence-electron chi connectivity index (χ4n) is 2.75. The Balaban J connectivity index is 0.00000625. The van der Waals surface area contributed by atoms with Crippen LogP contribution in [-0.2, 0) is 23.8 Å². The molecule has 0 aromatic rings. The highest BCUT2D eigenvalue weighted by atomic mass is 16.5. The van der Waals surface area contributed by atoms with Gasteiger partial charge in [-0.3, -0.25) is 14.5 Å². The van der Waals surface area contributed by atoms with Crippen molar-refractivity contribution in [1.29, 1.82) is 0 Å². The van der Waals surface area contributed by atoms with Gasteiger partial charge in [0.1, 0.15) is 5.78 Å². The average Bonchev–Trinajstić information content (AvgIpc) is 3.06. The molecular formula is C18H36N2O5. The lowest BCUT2D eigenvalue weighted by molar-refractivity contribution is -0.126. The molecule has 0 aromatic heterocycles. The fourth-order valence-corrected chi connectivity index (χ4v) is 2.75. The van der Waals surface area contributed by atoms with E-state index in [1.807, 2.05) is 13.8 Å². The first-order valence-electron chi connectivity index (χ1n) is 9.25. The Morgan fingerprint density at radius 1 is 1.16 bits per heavy atom. The molecule has 7 nitrogen and oxygen atoms in total. The van der Waals surface area contributed by atoms with Crippen molar-refractivity contribution < 1.29 is 25.2 Å². The van der Waals surface area contributed by atoms with Gasteiger partial charge in [-0.15, -0.1) is 0 Å². The summed E-state index contributed by atoms with van der Waals surface area (Å²) in [6.45, 7) is 8.51. The number of hydrogen-bond acceptors (Lipinski definition) is 6. The van der Waals surface area contributed by atoms with Gasteiger partial charge in [0.2, 0.25) is 5.91 Å². The number of amides is 1. The first-order chi connectivity index (χ1) is 12.1. The van der Waals surface area contributed by atoms with E-state index in [0.29, 0.717) is 46.0 Å². The summed E-state index contributed by atoms with van der Waals surface area (Å²) in [5.74, 6) is 0.351. The Kier molecular flexibility index (Phi) is 11.6. The lowest BCUT2D eigenvalue weighted by Crippen LogP contribution is -2.45. The van der Waals surface area contributed by atoms with Crippen LogP contribution < -0.4 is 5.32 Å². The largest absolute Gasteiger partial charge is 0.383 e. The minimum absolute atomic E-state index is 0. The summed E-state index contributed by atoms with van der Waals surface area (Å²) in [5.41, 5.74) is 0. The van der Waals surface area contributed by atoms with Gasteiger partial charge in [0, 0.05) is 34.0 Å². The summed E-state index contributed by atoms with van der Waals surface area (Å²) < 4.78 is 15.9. The van der Waals surface area contributed by atoms with Gasteiger partial charge in [0.05, 0.1) is 39.1 Å². The zero-order chi connectivity index (χ0) is 18.5. The Labute approximate surface area is 152 Å². The van der Waals surface area contributed by atoms with E-state index in [0.717, 1.165) is 25.9 Å². The molecule has 1 aliphatic heterocycles. The van der Waals surface area contributed by atoms with E-state index in [9.17, 15) is 9.59 Å². The van der Waals surface area contributed by atoms with Crippen LogP contribution >= 0.6 is 0 Å². The zero-order valence-electron chi connectivity index (χ0n) is 15.9. The van der Waals surface area contributed by atoms with Gasteiger partial charge in [-0.05, 0) is 19.4 Å². The third-order valence-corrected chi connectivity index (χ3v) is 4.30. The topological polar surface area (TPSA) is 77.1 Å². The van der Waals surface area contributed by atoms with Gasteiger partial charge >= 0.3 is 0 Å². The highest BCUT2D eigenvalue weighted by molar-refractivity contribution is 5.82. The van der Waals surface area contributed by atoms with Crippen molar-refractivity contribution in [3.8, 4) is 0 Å². The van der Waals surface area contributed by atoms with Crippen molar-refractivity contribution in [2.45, 2.75) is 39.2 Å². The second kappa shape index (κ2) is 13.2. The van der Waals surface area contributed by atoms with Gasteiger partial charge in [-0.2, -0.15) is 0 Å². The first kappa shape index (κ1) is 22.0. The molecule has 25 heavy (non-hydrogen) atoms. The normalized spacial score (nSPS) is 18.0. The summed E-state index contributed by atoms with van der Waals surface area (Å²) >= 11 is 0. The maximum Gasteiger partial charge on any atom is 0.237 e. The Bertz CT molecular complexity index is 396. The lowest BCUT2D eigenvalue weighted by atomic mass is 10.1. The molecule has 0 aliphatic carbocycles. The highest BCUT2D eigenvalue weighted by Crippen LogP contribution is 2.16. The van der Waals surface area contributed by atoms with Crippen molar-refractivity contribution in [3.63, 3.8) is 0 Å². The summed E-state index contributed by atoms with van der Waals surface area (Å²) in [6, 6.07) is -0.0445. The number of hydrogen-bond donors (Lipinski definition) is 1. The minimum atomic E-state index is -0.0445. The SMILES string of the molecule is COCCN1CCC[C@H]1C(=O)NCCOCCOCCC(=O)C(C)C.[HH]. The number of likely N-dealkylation sites (tertiary alicyclic amines) is 1. The van der Waals surface area contributed by atoms with Crippen molar-refractivity contribution in [2.75, 3.05) is 59.8 Å². The van der Waals surface area contributed by atoms with Gasteiger partial charge in [-0.1, -0.05) is 13.8 Å². The van der Waals surface area contributed by atoms with Gasteiger partial charge in [0.25, 0.3) is 0 Å². The molecular weight excluding hydrogens is 324 g/mol. The molecule has 0 aromatic carbocycles. The van der Waals surface area contributed by atoms with E-state index in [1.165, 1.54) is 0 Å². The van der Waals surface area contributed by atoms with E-state index in [2.05, 4.69) is 10.2 Å². The molecule has 148 valence electrons. The standard InChI is InChI=1S/C18H34N2O5.H2/c1-15(2)17(21)6-10-24-13-14-25-11-7-19-18(22)16-5-4-8-20(16)9-12-23-3;/h15-16H,4-14H2,1-3H3,(H,19,22);1H/t16-;/m0./s1. The molecule has 1 N–H and O–H groups in total. The molecule has 0 unspecified atom stereocenters. The van der Waals surface area contributed by atoms with E-state index in [1.54, 1.807) is 7.11 Å². The number of nitrogens with zero attached hydrogens (tertiary/aromatic N) is 1. The number of ether oxygens (including phenoxy) is 3. The Hall–Kier alpha value is -1.02. The monoisotopic (exact) mass is 360 g/mol. The molecule has 1 rings (SSSR count). The molecule has 1 atom stereocenters. The Morgan fingerprint density at radius 2 is 1.88 bits per heavy atom. The van der Waals surface area contributed by atoms with Crippen LogP contribution in [-0.4, -0.2) is 82.4 Å². The summed E-state index contributed by atoms with van der Waals surface area (Å²) in [7, 11) is 1.67. The maximum atomic E-state index is 12.2. The smallest absolute Gasteiger partial charge is 0.237 e. The van der Waals surface area contributed by atoms with Crippen molar-refractivity contribution >= 4 is 11.7 Å². The van der Waals surface area contributed by atoms with Crippen LogP contribution in [0.1, 0.15) is 34.5 Å². The predicted octanol–water partition coefficient (Wildman–Crippen LogP) is 1.11. The molecule has 0 spiro atoms. The molecule has 1 aliphatic rings. The highest BCUT2D eigenvalue weighted by Gasteiger charge is 2.29. The molecule has 1 amide bonds. The molecule has 1 fully saturated rings. The average molecular weight is 360 g/mol. The number of nitrogens with one attached hydrogen (secondary N) is 1. The van der Waals surface area contributed by atoms with Crippen LogP contribution in [0.4, 0.5) is 0 Å². The van der Waals surface area contributed by atoms with Gasteiger partial charge < -0.3 is 19.5 Å². The van der Waals surface area contributed by atoms with Crippen LogP contribution in [0, 0.1) is 5.92 Å². The summed E-state index contributed by atoms with van der Waals surface area (Å²) in [6.07, 6.45) is 2.41. The number of carbonyl (C=O) groups excluding carboxylic acids is 2. The van der Waals surface area contributed by atoms with Crippen LogP contribution in [0.15, 0.2) is 0 Å².